The molecule has 0 aliphatic carbocycles. The lowest BCUT2D eigenvalue weighted by Gasteiger charge is -2.23. The topological polar surface area (TPSA) is 44.8 Å². The van der Waals surface area contributed by atoms with Crippen LogP contribution in [0.5, 0.6) is 0 Å². The minimum atomic E-state index is 0.985. The Morgan fingerprint density at radius 3 is 3.36 bits per heavy atom. The molecule has 60 valence electrons. The zero-order valence-electron chi connectivity index (χ0n) is 6.67. The molecule has 2 rings (SSSR count). The summed E-state index contributed by atoms with van der Waals surface area (Å²) in [6.07, 6.45) is 1.04. The van der Waals surface area contributed by atoms with Gasteiger partial charge in [-0.25, -0.2) is 0 Å². The van der Waals surface area contributed by atoms with Crippen LogP contribution in [0, 0.1) is 0 Å². The summed E-state index contributed by atoms with van der Waals surface area (Å²) >= 11 is 0. The summed E-state index contributed by atoms with van der Waals surface area (Å²) in [6.45, 7) is 5.39. The molecule has 4 heteroatoms. The van der Waals surface area contributed by atoms with Crippen molar-refractivity contribution in [2.24, 2.45) is 0 Å². The van der Waals surface area contributed by atoms with Gasteiger partial charge in [0.2, 0.25) is 0 Å². The minimum absolute atomic E-state index is 0.985. The average molecular weight is 152 g/mol. The molecule has 0 fully saturated rings. The largest absolute Gasteiger partial charge is 0.297 e. The van der Waals surface area contributed by atoms with Crippen LogP contribution in [0.25, 0.3) is 0 Å². The van der Waals surface area contributed by atoms with Gasteiger partial charge in [0.05, 0.1) is 11.4 Å². The van der Waals surface area contributed by atoms with E-state index in [-0.39, 0.29) is 0 Å². The van der Waals surface area contributed by atoms with Gasteiger partial charge in [0.1, 0.15) is 0 Å². The lowest BCUT2D eigenvalue weighted by molar-refractivity contribution is 0.263. The molecule has 11 heavy (non-hydrogen) atoms. The standard InChI is InChI=1S/C7H12N4/c1-2-11-4-3-6-7(5-11)9-10-8-6/h2-5H2,1H3,(H,8,9,10). The summed E-state index contributed by atoms with van der Waals surface area (Å²) in [7, 11) is 0. The highest BCUT2D eigenvalue weighted by Crippen LogP contribution is 2.12. The molecule has 1 N–H and O–H groups in total. The number of aromatic amines is 1. The van der Waals surface area contributed by atoms with Crippen molar-refractivity contribution in [2.75, 3.05) is 13.1 Å². The Kier molecular flexibility index (Phi) is 1.62. The van der Waals surface area contributed by atoms with Gasteiger partial charge < -0.3 is 0 Å². The Bertz CT molecular complexity index is 242. The summed E-state index contributed by atoms with van der Waals surface area (Å²) in [5, 5.41) is 10.7. The van der Waals surface area contributed by atoms with Crippen LogP contribution in [-0.4, -0.2) is 33.4 Å². The Labute approximate surface area is 65.6 Å². The van der Waals surface area contributed by atoms with Gasteiger partial charge in [-0.05, 0) is 6.54 Å². The number of rotatable bonds is 1. The Balaban J connectivity index is 2.18. The first-order chi connectivity index (χ1) is 5.40. The zero-order chi connectivity index (χ0) is 7.68. The van der Waals surface area contributed by atoms with Gasteiger partial charge in [0.25, 0.3) is 0 Å². The molecule has 0 saturated carbocycles. The number of nitrogens with one attached hydrogen (secondary N) is 1. The molecule has 0 amide bonds. The van der Waals surface area contributed by atoms with Gasteiger partial charge >= 0.3 is 0 Å². The molecular weight excluding hydrogens is 140 g/mol. The second-order valence-electron chi connectivity index (χ2n) is 2.86. The van der Waals surface area contributed by atoms with E-state index >= 15 is 0 Å². The quantitative estimate of drug-likeness (QED) is 0.624. The van der Waals surface area contributed by atoms with Gasteiger partial charge in [-0.2, -0.15) is 0 Å². The maximum Gasteiger partial charge on any atom is 0.0882 e. The monoisotopic (exact) mass is 152 g/mol. The predicted octanol–water partition coefficient (Wildman–Crippen LogP) is 0.183. The maximum atomic E-state index is 3.99. The summed E-state index contributed by atoms with van der Waals surface area (Å²) in [5.41, 5.74) is 2.34. The fourth-order valence-corrected chi connectivity index (χ4v) is 1.43. The van der Waals surface area contributed by atoms with E-state index in [1.54, 1.807) is 0 Å². The van der Waals surface area contributed by atoms with Crippen molar-refractivity contribution in [3.8, 4) is 0 Å². The molecule has 0 radical (unpaired) electrons. The zero-order valence-corrected chi connectivity index (χ0v) is 6.67. The number of hydrogen-bond acceptors (Lipinski definition) is 3. The number of aromatic nitrogens is 3. The van der Waals surface area contributed by atoms with Gasteiger partial charge in [-0.3, -0.25) is 10.00 Å². The van der Waals surface area contributed by atoms with Crippen LogP contribution in [0.15, 0.2) is 0 Å². The smallest absolute Gasteiger partial charge is 0.0882 e. The van der Waals surface area contributed by atoms with E-state index in [9.17, 15) is 0 Å². The van der Waals surface area contributed by atoms with Gasteiger partial charge in [-0.15, -0.1) is 5.10 Å². The molecule has 2 heterocycles. The molecular formula is C7H12N4. The highest BCUT2D eigenvalue weighted by atomic mass is 15.3. The summed E-state index contributed by atoms with van der Waals surface area (Å²) in [4.78, 5) is 2.38. The predicted molar refractivity (Wildman–Crippen MR) is 41.0 cm³/mol. The van der Waals surface area contributed by atoms with E-state index in [0.29, 0.717) is 0 Å². The third-order valence-corrected chi connectivity index (χ3v) is 2.20. The van der Waals surface area contributed by atoms with Crippen molar-refractivity contribution >= 4 is 0 Å². The van der Waals surface area contributed by atoms with E-state index in [0.717, 1.165) is 31.7 Å². The number of H-pyrrole nitrogens is 1. The van der Waals surface area contributed by atoms with E-state index < -0.39 is 0 Å². The Morgan fingerprint density at radius 1 is 1.64 bits per heavy atom. The Hall–Kier alpha value is -0.900. The molecule has 0 unspecified atom stereocenters. The molecule has 1 aliphatic heterocycles. The van der Waals surface area contributed by atoms with Crippen LogP contribution >= 0.6 is 0 Å². The summed E-state index contributed by atoms with van der Waals surface area (Å²) in [6, 6.07) is 0. The van der Waals surface area contributed by atoms with Gasteiger partial charge in [0.15, 0.2) is 0 Å². The fourth-order valence-electron chi connectivity index (χ4n) is 1.43. The van der Waals surface area contributed by atoms with Crippen molar-refractivity contribution in [1.29, 1.82) is 0 Å². The molecule has 1 aromatic heterocycles. The number of fused-ring (bicyclic) bond motifs is 1. The summed E-state index contributed by atoms with van der Waals surface area (Å²) < 4.78 is 0. The third kappa shape index (κ3) is 1.14. The van der Waals surface area contributed by atoms with Crippen molar-refractivity contribution in [2.45, 2.75) is 19.9 Å². The molecule has 0 saturated heterocycles. The van der Waals surface area contributed by atoms with Crippen LogP contribution in [0.4, 0.5) is 0 Å². The number of likely N-dealkylation sites (N-methyl/N-ethyl adjacent to an activating group) is 1. The Morgan fingerprint density at radius 2 is 2.55 bits per heavy atom. The minimum Gasteiger partial charge on any atom is -0.297 e. The van der Waals surface area contributed by atoms with E-state index in [2.05, 4.69) is 27.2 Å². The van der Waals surface area contributed by atoms with E-state index in [1.807, 2.05) is 0 Å². The normalized spacial score (nSPS) is 18.3. The molecule has 0 atom stereocenters. The van der Waals surface area contributed by atoms with Gasteiger partial charge in [0, 0.05) is 19.5 Å². The lowest BCUT2D eigenvalue weighted by Crippen LogP contribution is -2.30. The third-order valence-electron chi connectivity index (χ3n) is 2.20. The van der Waals surface area contributed by atoms with E-state index in [4.69, 9.17) is 0 Å². The van der Waals surface area contributed by atoms with Crippen molar-refractivity contribution in [1.82, 2.24) is 20.3 Å². The molecule has 1 aliphatic rings. The number of nitrogens with zero attached hydrogens (tertiary/aromatic N) is 3. The molecule has 4 nitrogen and oxygen atoms in total. The van der Waals surface area contributed by atoms with Crippen molar-refractivity contribution in [3.63, 3.8) is 0 Å². The SMILES string of the molecule is CCN1CCc2nn[nH]c2C1. The van der Waals surface area contributed by atoms with Crippen molar-refractivity contribution < 1.29 is 0 Å². The highest BCUT2D eigenvalue weighted by Gasteiger charge is 2.16. The molecule has 1 aromatic rings. The summed E-state index contributed by atoms with van der Waals surface area (Å²) in [5.74, 6) is 0. The van der Waals surface area contributed by atoms with Crippen LogP contribution < -0.4 is 0 Å². The van der Waals surface area contributed by atoms with Crippen LogP contribution in [-0.2, 0) is 13.0 Å². The van der Waals surface area contributed by atoms with Crippen molar-refractivity contribution in [3.05, 3.63) is 11.4 Å². The van der Waals surface area contributed by atoms with Crippen LogP contribution in [0.2, 0.25) is 0 Å². The molecule has 0 spiro atoms. The van der Waals surface area contributed by atoms with Gasteiger partial charge in [-0.1, -0.05) is 12.1 Å². The second-order valence-corrected chi connectivity index (χ2v) is 2.86. The lowest BCUT2D eigenvalue weighted by atomic mass is 10.1. The first-order valence-electron chi connectivity index (χ1n) is 4.01. The first kappa shape index (κ1) is 6.79. The second kappa shape index (κ2) is 2.62. The highest BCUT2D eigenvalue weighted by molar-refractivity contribution is 5.11. The average Bonchev–Trinajstić information content (AvgIpc) is 2.50. The van der Waals surface area contributed by atoms with E-state index in [1.165, 1.54) is 5.69 Å². The maximum absolute atomic E-state index is 3.99. The molecule has 0 aromatic carbocycles. The van der Waals surface area contributed by atoms with Crippen LogP contribution in [0.1, 0.15) is 18.3 Å². The molecule has 0 bridgehead atoms. The van der Waals surface area contributed by atoms with Crippen LogP contribution in [0.3, 0.4) is 0 Å². The number of hydrogen-bond donors (Lipinski definition) is 1. The first-order valence-corrected chi connectivity index (χ1v) is 4.01. The fraction of sp³-hybridized carbons (Fsp3) is 0.714.